The highest BCUT2D eigenvalue weighted by Crippen LogP contribution is 2.17. The van der Waals surface area contributed by atoms with E-state index in [1.165, 1.54) is 0 Å². The van der Waals surface area contributed by atoms with Crippen molar-refractivity contribution in [3.63, 3.8) is 0 Å². The Morgan fingerprint density at radius 2 is 2.06 bits per heavy atom. The van der Waals surface area contributed by atoms with Gasteiger partial charge in [-0.2, -0.15) is 0 Å². The second-order valence-corrected chi connectivity index (χ2v) is 4.08. The van der Waals surface area contributed by atoms with E-state index in [0.29, 0.717) is 17.9 Å². The lowest BCUT2D eigenvalue weighted by atomic mass is 10.1. The molecule has 4 nitrogen and oxygen atoms in total. The van der Waals surface area contributed by atoms with Gasteiger partial charge in [-0.15, -0.1) is 0 Å². The standard InChI is InChI=1S/C14H21NO3/c1-18-14-8-4-3-7-12(14)13(17)11-15-9-5-2-6-10-16/h3-4,7-8,15-16H,2,5-6,9-11H2,1H3. The molecule has 0 aliphatic rings. The number of aliphatic hydroxyl groups excluding tert-OH is 1. The monoisotopic (exact) mass is 251 g/mol. The highest BCUT2D eigenvalue weighted by atomic mass is 16.5. The van der Waals surface area contributed by atoms with Gasteiger partial charge in [0.25, 0.3) is 0 Å². The zero-order valence-corrected chi connectivity index (χ0v) is 10.8. The van der Waals surface area contributed by atoms with Crippen molar-refractivity contribution in [3.8, 4) is 5.75 Å². The number of ketones is 1. The third-order valence-electron chi connectivity index (χ3n) is 2.70. The number of aliphatic hydroxyl groups is 1. The minimum Gasteiger partial charge on any atom is -0.496 e. The van der Waals surface area contributed by atoms with Crippen LogP contribution in [0.1, 0.15) is 29.6 Å². The van der Waals surface area contributed by atoms with Crippen molar-refractivity contribution >= 4 is 5.78 Å². The number of rotatable bonds is 9. The fourth-order valence-electron chi connectivity index (χ4n) is 1.71. The van der Waals surface area contributed by atoms with Crippen molar-refractivity contribution in [1.82, 2.24) is 5.32 Å². The molecule has 0 aliphatic heterocycles. The van der Waals surface area contributed by atoms with Gasteiger partial charge in [0, 0.05) is 6.61 Å². The fourth-order valence-corrected chi connectivity index (χ4v) is 1.71. The molecule has 2 N–H and O–H groups in total. The molecular formula is C14H21NO3. The molecule has 0 aromatic heterocycles. The minimum atomic E-state index is 0.0367. The third-order valence-corrected chi connectivity index (χ3v) is 2.70. The number of Topliss-reactive ketones (excluding diaryl/α,β-unsaturated/α-hetero) is 1. The lowest BCUT2D eigenvalue weighted by molar-refractivity contribution is 0.0988. The summed E-state index contributed by atoms with van der Waals surface area (Å²) in [5.74, 6) is 0.652. The number of hydrogen-bond acceptors (Lipinski definition) is 4. The average molecular weight is 251 g/mol. The number of carbonyl (C=O) groups is 1. The first-order chi connectivity index (χ1) is 8.79. The Kier molecular flexibility index (Phi) is 7.06. The number of hydrogen-bond donors (Lipinski definition) is 2. The molecule has 0 radical (unpaired) electrons. The quantitative estimate of drug-likeness (QED) is 0.517. The number of nitrogens with one attached hydrogen (secondary N) is 1. The summed E-state index contributed by atoms with van der Waals surface area (Å²) in [7, 11) is 1.56. The molecule has 4 heteroatoms. The van der Waals surface area contributed by atoms with Crippen LogP contribution in [0.3, 0.4) is 0 Å². The number of benzene rings is 1. The Morgan fingerprint density at radius 3 is 2.78 bits per heavy atom. The van der Waals surface area contributed by atoms with Crippen LogP contribution in [-0.4, -0.2) is 37.7 Å². The van der Waals surface area contributed by atoms with Crippen LogP contribution in [0, 0.1) is 0 Å². The van der Waals surface area contributed by atoms with Gasteiger partial charge >= 0.3 is 0 Å². The van der Waals surface area contributed by atoms with Gasteiger partial charge in [-0.3, -0.25) is 4.79 Å². The lowest BCUT2D eigenvalue weighted by Gasteiger charge is -2.08. The molecule has 0 heterocycles. The normalized spacial score (nSPS) is 10.3. The first-order valence-electron chi connectivity index (χ1n) is 6.27. The lowest BCUT2D eigenvalue weighted by Crippen LogP contribution is -2.24. The predicted octanol–water partition coefficient (Wildman–Crippen LogP) is 1.63. The molecule has 0 bridgehead atoms. The van der Waals surface area contributed by atoms with Crippen LogP contribution >= 0.6 is 0 Å². The first kappa shape index (κ1) is 14.7. The molecule has 100 valence electrons. The largest absolute Gasteiger partial charge is 0.496 e. The van der Waals surface area contributed by atoms with Gasteiger partial charge < -0.3 is 15.2 Å². The van der Waals surface area contributed by atoms with Gasteiger partial charge in [0.15, 0.2) is 5.78 Å². The van der Waals surface area contributed by atoms with E-state index in [1.54, 1.807) is 19.2 Å². The molecular weight excluding hydrogens is 230 g/mol. The van der Waals surface area contributed by atoms with Crippen molar-refractivity contribution in [2.45, 2.75) is 19.3 Å². The maximum absolute atomic E-state index is 11.9. The SMILES string of the molecule is COc1ccccc1C(=O)CNCCCCCO. The second kappa shape index (κ2) is 8.66. The minimum absolute atomic E-state index is 0.0367. The van der Waals surface area contributed by atoms with Crippen molar-refractivity contribution < 1.29 is 14.6 Å². The molecule has 0 unspecified atom stereocenters. The van der Waals surface area contributed by atoms with Crippen LogP contribution in [0.2, 0.25) is 0 Å². The topological polar surface area (TPSA) is 58.6 Å². The molecule has 0 amide bonds. The molecule has 1 aromatic rings. The van der Waals surface area contributed by atoms with E-state index in [1.807, 2.05) is 12.1 Å². The van der Waals surface area contributed by atoms with Gasteiger partial charge in [0.05, 0.1) is 19.2 Å². The van der Waals surface area contributed by atoms with Crippen LogP contribution in [0.4, 0.5) is 0 Å². The molecule has 18 heavy (non-hydrogen) atoms. The zero-order valence-electron chi connectivity index (χ0n) is 10.8. The summed E-state index contributed by atoms with van der Waals surface area (Å²) in [5, 5.41) is 11.7. The summed E-state index contributed by atoms with van der Waals surface area (Å²) < 4.78 is 5.15. The van der Waals surface area contributed by atoms with E-state index in [2.05, 4.69) is 5.32 Å². The van der Waals surface area contributed by atoms with Crippen molar-refractivity contribution in [2.24, 2.45) is 0 Å². The Hall–Kier alpha value is -1.39. The Balaban J connectivity index is 2.32. The molecule has 0 fully saturated rings. The van der Waals surface area contributed by atoms with E-state index in [0.717, 1.165) is 25.8 Å². The van der Waals surface area contributed by atoms with Crippen LogP contribution in [0.15, 0.2) is 24.3 Å². The van der Waals surface area contributed by atoms with E-state index >= 15 is 0 Å². The molecule has 0 spiro atoms. The summed E-state index contributed by atoms with van der Waals surface area (Å²) in [6.45, 7) is 1.35. The van der Waals surface area contributed by atoms with E-state index in [9.17, 15) is 4.79 Å². The van der Waals surface area contributed by atoms with E-state index in [-0.39, 0.29) is 12.4 Å². The Labute approximate surface area is 108 Å². The molecule has 0 atom stereocenters. The maximum Gasteiger partial charge on any atom is 0.180 e. The van der Waals surface area contributed by atoms with Crippen LogP contribution in [0.5, 0.6) is 5.75 Å². The highest BCUT2D eigenvalue weighted by Gasteiger charge is 2.10. The smallest absolute Gasteiger partial charge is 0.180 e. The molecule has 0 saturated heterocycles. The van der Waals surface area contributed by atoms with Gasteiger partial charge in [-0.25, -0.2) is 0 Å². The Bertz CT molecular complexity index is 366. The van der Waals surface area contributed by atoms with Gasteiger partial charge in [0.1, 0.15) is 5.75 Å². The molecule has 0 aliphatic carbocycles. The van der Waals surface area contributed by atoms with Gasteiger partial charge in [0.2, 0.25) is 0 Å². The van der Waals surface area contributed by atoms with Gasteiger partial charge in [-0.1, -0.05) is 12.1 Å². The summed E-state index contributed by atoms with van der Waals surface area (Å²) >= 11 is 0. The summed E-state index contributed by atoms with van der Waals surface area (Å²) in [6.07, 6.45) is 2.77. The molecule has 1 rings (SSSR count). The number of para-hydroxylation sites is 1. The number of unbranched alkanes of at least 4 members (excludes halogenated alkanes) is 2. The van der Waals surface area contributed by atoms with Crippen LogP contribution in [-0.2, 0) is 0 Å². The van der Waals surface area contributed by atoms with Crippen molar-refractivity contribution in [1.29, 1.82) is 0 Å². The second-order valence-electron chi connectivity index (χ2n) is 4.08. The zero-order chi connectivity index (χ0) is 13.2. The summed E-state index contributed by atoms with van der Waals surface area (Å²) in [4.78, 5) is 11.9. The third kappa shape index (κ3) is 4.85. The van der Waals surface area contributed by atoms with E-state index in [4.69, 9.17) is 9.84 Å². The number of carbonyl (C=O) groups excluding carboxylic acids is 1. The summed E-state index contributed by atoms with van der Waals surface area (Å²) in [5.41, 5.74) is 0.614. The fraction of sp³-hybridized carbons (Fsp3) is 0.500. The first-order valence-corrected chi connectivity index (χ1v) is 6.27. The maximum atomic E-state index is 11.9. The Morgan fingerprint density at radius 1 is 1.28 bits per heavy atom. The van der Waals surface area contributed by atoms with Crippen LogP contribution < -0.4 is 10.1 Å². The number of ether oxygens (including phenoxy) is 1. The highest BCUT2D eigenvalue weighted by molar-refractivity contribution is 6.00. The summed E-state index contributed by atoms with van der Waals surface area (Å²) in [6, 6.07) is 7.23. The molecule has 0 saturated carbocycles. The van der Waals surface area contributed by atoms with Crippen molar-refractivity contribution in [3.05, 3.63) is 29.8 Å². The predicted molar refractivity (Wildman–Crippen MR) is 71.1 cm³/mol. The van der Waals surface area contributed by atoms with Crippen molar-refractivity contribution in [2.75, 3.05) is 26.8 Å². The average Bonchev–Trinajstić information content (AvgIpc) is 2.42. The van der Waals surface area contributed by atoms with E-state index < -0.39 is 0 Å². The van der Waals surface area contributed by atoms with Gasteiger partial charge in [-0.05, 0) is 37.9 Å². The molecule has 1 aromatic carbocycles. The number of methoxy groups -OCH3 is 1. The van der Waals surface area contributed by atoms with Crippen LogP contribution in [0.25, 0.3) is 0 Å².